The quantitative estimate of drug-likeness (QED) is 0.880. The SMILES string of the molecule is COc1cc(CNc2cc(Cl)c(C)cc2Cl)ccc1C#N. The van der Waals surface area contributed by atoms with Crippen LogP contribution in [0.25, 0.3) is 0 Å². The average Bonchev–Trinajstić information content (AvgIpc) is 2.49. The summed E-state index contributed by atoms with van der Waals surface area (Å²) in [6.07, 6.45) is 0. The smallest absolute Gasteiger partial charge is 0.136 e. The number of ether oxygens (including phenoxy) is 1. The number of nitriles is 1. The molecule has 2 rings (SSSR count). The molecule has 0 spiro atoms. The Morgan fingerprint density at radius 1 is 1.19 bits per heavy atom. The van der Waals surface area contributed by atoms with Gasteiger partial charge < -0.3 is 10.1 Å². The summed E-state index contributed by atoms with van der Waals surface area (Å²) < 4.78 is 5.19. The zero-order chi connectivity index (χ0) is 15.4. The highest BCUT2D eigenvalue weighted by Crippen LogP contribution is 2.29. The lowest BCUT2D eigenvalue weighted by Crippen LogP contribution is -2.01. The van der Waals surface area contributed by atoms with E-state index in [9.17, 15) is 0 Å². The number of nitrogens with one attached hydrogen (secondary N) is 1. The molecule has 21 heavy (non-hydrogen) atoms. The van der Waals surface area contributed by atoms with Crippen LogP contribution >= 0.6 is 23.2 Å². The molecule has 1 N–H and O–H groups in total. The molecule has 0 saturated heterocycles. The number of nitrogens with zero attached hydrogens (tertiary/aromatic N) is 1. The Morgan fingerprint density at radius 3 is 2.62 bits per heavy atom. The molecule has 0 unspecified atom stereocenters. The zero-order valence-corrected chi connectivity index (χ0v) is 13.2. The van der Waals surface area contributed by atoms with Crippen LogP contribution in [0.2, 0.25) is 10.0 Å². The van der Waals surface area contributed by atoms with Gasteiger partial charge in [-0.15, -0.1) is 0 Å². The van der Waals surface area contributed by atoms with E-state index in [1.807, 2.05) is 25.1 Å². The summed E-state index contributed by atoms with van der Waals surface area (Å²) >= 11 is 12.3. The first-order chi connectivity index (χ1) is 10.0. The lowest BCUT2D eigenvalue weighted by Gasteiger charge is -2.11. The Balaban J connectivity index is 2.17. The standard InChI is InChI=1S/C16H14Cl2N2O/c1-10-5-14(18)15(7-13(10)17)20-9-11-3-4-12(8-19)16(6-11)21-2/h3-7,20H,9H2,1-2H3. The van der Waals surface area contributed by atoms with Gasteiger partial charge in [-0.05, 0) is 42.3 Å². The van der Waals surface area contributed by atoms with E-state index in [1.54, 1.807) is 19.2 Å². The van der Waals surface area contributed by atoms with Gasteiger partial charge in [0.25, 0.3) is 0 Å². The molecular formula is C16H14Cl2N2O. The topological polar surface area (TPSA) is 45.0 Å². The van der Waals surface area contributed by atoms with Crippen LogP contribution in [0.1, 0.15) is 16.7 Å². The van der Waals surface area contributed by atoms with E-state index < -0.39 is 0 Å². The fraction of sp³-hybridized carbons (Fsp3) is 0.188. The number of hydrogen-bond donors (Lipinski definition) is 1. The maximum Gasteiger partial charge on any atom is 0.136 e. The first kappa shape index (κ1) is 15.5. The highest BCUT2D eigenvalue weighted by atomic mass is 35.5. The first-order valence-corrected chi connectivity index (χ1v) is 7.07. The van der Waals surface area contributed by atoms with E-state index in [2.05, 4.69) is 11.4 Å². The Hall–Kier alpha value is -1.89. The lowest BCUT2D eigenvalue weighted by atomic mass is 10.1. The van der Waals surface area contributed by atoms with Gasteiger partial charge in [-0.1, -0.05) is 29.3 Å². The second kappa shape index (κ2) is 6.71. The summed E-state index contributed by atoms with van der Waals surface area (Å²) in [4.78, 5) is 0. The minimum Gasteiger partial charge on any atom is -0.495 e. The predicted octanol–water partition coefficient (Wildman–Crippen LogP) is 4.79. The molecule has 0 aliphatic rings. The van der Waals surface area contributed by atoms with Gasteiger partial charge in [0.2, 0.25) is 0 Å². The molecule has 2 aromatic carbocycles. The molecule has 3 nitrogen and oxygen atoms in total. The maximum absolute atomic E-state index is 8.96. The zero-order valence-electron chi connectivity index (χ0n) is 11.7. The number of anilines is 1. The molecule has 5 heteroatoms. The van der Waals surface area contributed by atoms with Crippen LogP contribution in [0.4, 0.5) is 5.69 Å². The van der Waals surface area contributed by atoms with Gasteiger partial charge >= 0.3 is 0 Å². The molecule has 0 heterocycles. The summed E-state index contributed by atoms with van der Waals surface area (Å²) in [6.45, 7) is 2.46. The third-order valence-corrected chi connectivity index (χ3v) is 3.84. The normalized spacial score (nSPS) is 10.0. The Bertz CT molecular complexity index is 708. The maximum atomic E-state index is 8.96. The first-order valence-electron chi connectivity index (χ1n) is 6.31. The monoisotopic (exact) mass is 320 g/mol. The summed E-state index contributed by atoms with van der Waals surface area (Å²) in [7, 11) is 1.55. The van der Waals surface area contributed by atoms with Crippen LogP contribution in [0.3, 0.4) is 0 Å². The van der Waals surface area contributed by atoms with Crippen molar-refractivity contribution in [3.8, 4) is 11.8 Å². The summed E-state index contributed by atoms with van der Waals surface area (Å²) in [5.41, 5.74) is 3.21. The molecule has 2 aromatic rings. The molecule has 0 saturated carbocycles. The third-order valence-electron chi connectivity index (χ3n) is 3.12. The van der Waals surface area contributed by atoms with Crippen molar-refractivity contribution in [3.05, 3.63) is 57.1 Å². The van der Waals surface area contributed by atoms with Gasteiger partial charge in [0.05, 0.1) is 23.4 Å². The van der Waals surface area contributed by atoms with Crippen LogP contribution in [0, 0.1) is 18.3 Å². The van der Waals surface area contributed by atoms with Crippen molar-refractivity contribution in [2.75, 3.05) is 12.4 Å². The van der Waals surface area contributed by atoms with Gasteiger partial charge in [-0.3, -0.25) is 0 Å². The Morgan fingerprint density at radius 2 is 1.95 bits per heavy atom. The molecule has 0 aromatic heterocycles. The van der Waals surface area contributed by atoms with Crippen molar-refractivity contribution in [2.24, 2.45) is 0 Å². The average molecular weight is 321 g/mol. The number of methoxy groups -OCH3 is 1. The van der Waals surface area contributed by atoms with Gasteiger partial charge in [-0.25, -0.2) is 0 Å². The van der Waals surface area contributed by atoms with Crippen molar-refractivity contribution < 1.29 is 4.74 Å². The van der Waals surface area contributed by atoms with Crippen molar-refractivity contribution in [2.45, 2.75) is 13.5 Å². The van der Waals surface area contributed by atoms with Crippen LogP contribution in [0.5, 0.6) is 5.75 Å². The summed E-state index contributed by atoms with van der Waals surface area (Å²) in [5.74, 6) is 0.560. The number of hydrogen-bond acceptors (Lipinski definition) is 3. The van der Waals surface area contributed by atoms with Gasteiger partial charge in [0, 0.05) is 11.6 Å². The molecule has 0 radical (unpaired) electrons. The van der Waals surface area contributed by atoms with Gasteiger partial charge in [0.15, 0.2) is 0 Å². The van der Waals surface area contributed by atoms with E-state index in [4.69, 9.17) is 33.2 Å². The third kappa shape index (κ3) is 3.60. The Labute approximate surface area is 134 Å². The van der Waals surface area contributed by atoms with Crippen molar-refractivity contribution in [1.29, 1.82) is 5.26 Å². The highest BCUT2D eigenvalue weighted by Gasteiger charge is 2.06. The van der Waals surface area contributed by atoms with Crippen molar-refractivity contribution >= 4 is 28.9 Å². The minimum atomic E-state index is 0.512. The van der Waals surface area contributed by atoms with Crippen LogP contribution in [-0.2, 0) is 6.54 Å². The predicted molar refractivity (Wildman–Crippen MR) is 86.2 cm³/mol. The second-order valence-corrected chi connectivity index (χ2v) is 5.40. The fourth-order valence-corrected chi connectivity index (χ4v) is 2.37. The number of halogens is 2. The Kier molecular flexibility index (Phi) is 4.95. The molecule has 0 amide bonds. The second-order valence-electron chi connectivity index (χ2n) is 4.58. The number of benzene rings is 2. The van der Waals surface area contributed by atoms with E-state index in [1.165, 1.54) is 0 Å². The van der Waals surface area contributed by atoms with Crippen LogP contribution in [-0.4, -0.2) is 7.11 Å². The molecule has 0 fully saturated rings. The van der Waals surface area contributed by atoms with E-state index >= 15 is 0 Å². The number of rotatable bonds is 4. The fourth-order valence-electron chi connectivity index (χ4n) is 1.92. The van der Waals surface area contributed by atoms with Crippen LogP contribution in [0.15, 0.2) is 30.3 Å². The molecule has 0 aliphatic heterocycles. The summed E-state index contributed by atoms with van der Waals surface area (Å²) in [6, 6.07) is 11.2. The van der Waals surface area contributed by atoms with Crippen molar-refractivity contribution in [1.82, 2.24) is 0 Å². The number of aryl methyl sites for hydroxylation is 1. The molecular weight excluding hydrogens is 307 g/mol. The van der Waals surface area contributed by atoms with Crippen LogP contribution < -0.4 is 10.1 Å². The van der Waals surface area contributed by atoms with E-state index in [-0.39, 0.29) is 0 Å². The molecule has 0 aliphatic carbocycles. The van der Waals surface area contributed by atoms with Gasteiger partial charge in [-0.2, -0.15) is 5.26 Å². The molecule has 0 bridgehead atoms. The lowest BCUT2D eigenvalue weighted by molar-refractivity contribution is 0.413. The molecule has 108 valence electrons. The minimum absolute atomic E-state index is 0.512. The summed E-state index contributed by atoms with van der Waals surface area (Å²) in [5, 5.41) is 13.5. The van der Waals surface area contributed by atoms with E-state index in [0.717, 1.165) is 16.8 Å². The van der Waals surface area contributed by atoms with Gasteiger partial charge in [0.1, 0.15) is 11.8 Å². The van der Waals surface area contributed by atoms with E-state index in [0.29, 0.717) is 27.9 Å². The van der Waals surface area contributed by atoms with Crippen molar-refractivity contribution in [3.63, 3.8) is 0 Å². The highest BCUT2D eigenvalue weighted by molar-refractivity contribution is 6.35. The largest absolute Gasteiger partial charge is 0.495 e. The molecule has 0 atom stereocenters.